The number of hydrogen-bond donors (Lipinski definition) is 3. The van der Waals surface area contributed by atoms with Gasteiger partial charge in [0, 0.05) is 37.3 Å². The van der Waals surface area contributed by atoms with Crippen molar-refractivity contribution in [1.82, 2.24) is 30.1 Å². The van der Waals surface area contributed by atoms with Crippen molar-refractivity contribution in [3.05, 3.63) is 40.2 Å². The highest BCUT2D eigenvalue weighted by Gasteiger charge is 2.28. The van der Waals surface area contributed by atoms with Crippen LogP contribution in [-0.4, -0.2) is 70.3 Å². The number of amides is 3. The normalized spacial score (nSPS) is 24.9. The van der Waals surface area contributed by atoms with E-state index in [2.05, 4.69) is 38.1 Å². The fourth-order valence-corrected chi connectivity index (χ4v) is 5.47. The number of ether oxygens (including phenoxy) is 1. The predicted octanol–water partition coefficient (Wildman–Crippen LogP) is 1.88. The molecule has 3 N–H and O–H groups in total. The first-order chi connectivity index (χ1) is 16.1. The number of anilines is 1. The zero-order valence-corrected chi connectivity index (χ0v) is 18.9. The minimum atomic E-state index is -0.520. The average Bonchev–Trinajstić information content (AvgIpc) is 3.19. The Labute approximate surface area is 194 Å². The van der Waals surface area contributed by atoms with Crippen LogP contribution in [0.4, 0.5) is 10.6 Å². The number of carbonyl (C=O) groups excluding carboxylic acids is 2. The van der Waals surface area contributed by atoms with Crippen LogP contribution in [0.1, 0.15) is 35.8 Å². The second-order valence-electron chi connectivity index (χ2n) is 8.69. The van der Waals surface area contributed by atoms with E-state index in [0.29, 0.717) is 17.3 Å². The van der Waals surface area contributed by atoms with E-state index in [1.54, 1.807) is 16.8 Å². The standard InChI is InChI=1S/C22H25N7O3S/c30-21-17(26-22(31)27-21)9-13-11-23-29-19(24-14-1-2-14)10-16(25-20(13)29)18-4-3-15(33-18)12-28-5-7-32-8-6-28/h3,9-11,14,18,24H,1-2,4-8,12H2,(H2,26,27,30,31)/b17-9-. The summed E-state index contributed by atoms with van der Waals surface area (Å²) in [7, 11) is 0. The Morgan fingerprint density at radius 1 is 1.24 bits per heavy atom. The third kappa shape index (κ3) is 4.35. The van der Waals surface area contributed by atoms with Crippen molar-refractivity contribution in [2.75, 3.05) is 38.2 Å². The van der Waals surface area contributed by atoms with Gasteiger partial charge in [-0.1, -0.05) is 6.08 Å². The van der Waals surface area contributed by atoms with Gasteiger partial charge in [0.05, 0.1) is 30.4 Å². The van der Waals surface area contributed by atoms with Crippen LogP contribution < -0.4 is 16.0 Å². The van der Waals surface area contributed by atoms with Gasteiger partial charge in [0.15, 0.2) is 5.65 Å². The van der Waals surface area contributed by atoms with Gasteiger partial charge >= 0.3 is 6.03 Å². The number of morpholine rings is 1. The Balaban J connectivity index is 1.29. The second kappa shape index (κ2) is 8.47. The topological polar surface area (TPSA) is 113 Å². The van der Waals surface area contributed by atoms with Crippen LogP contribution in [0.15, 0.2) is 28.9 Å². The van der Waals surface area contributed by atoms with E-state index in [-0.39, 0.29) is 10.9 Å². The maximum Gasteiger partial charge on any atom is 0.326 e. The summed E-state index contributed by atoms with van der Waals surface area (Å²) >= 11 is 1.87. The maximum atomic E-state index is 12.0. The highest BCUT2D eigenvalue weighted by Crippen LogP contribution is 2.44. The van der Waals surface area contributed by atoms with Gasteiger partial charge < -0.3 is 15.4 Å². The van der Waals surface area contributed by atoms with Gasteiger partial charge in [-0.05, 0) is 30.2 Å². The molecule has 3 aliphatic heterocycles. The molecule has 4 aliphatic rings. The zero-order valence-electron chi connectivity index (χ0n) is 18.0. The molecule has 2 aromatic rings. The molecule has 0 spiro atoms. The van der Waals surface area contributed by atoms with Crippen LogP contribution in [0.2, 0.25) is 0 Å². The average molecular weight is 468 g/mol. The number of urea groups is 1. The smallest absolute Gasteiger partial charge is 0.326 e. The molecule has 1 unspecified atom stereocenters. The lowest BCUT2D eigenvalue weighted by Crippen LogP contribution is -2.37. The van der Waals surface area contributed by atoms with Gasteiger partial charge in [-0.25, -0.2) is 9.78 Å². The molecular weight excluding hydrogens is 442 g/mol. The second-order valence-corrected chi connectivity index (χ2v) is 10.0. The van der Waals surface area contributed by atoms with Gasteiger partial charge in [-0.2, -0.15) is 9.61 Å². The fourth-order valence-electron chi connectivity index (χ4n) is 4.22. The van der Waals surface area contributed by atoms with Crippen LogP contribution in [0.25, 0.3) is 11.7 Å². The van der Waals surface area contributed by atoms with Crippen molar-refractivity contribution in [3.63, 3.8) is 0 Å². The SMILES string of the molecule is O=C1NC(=O)/C(=C/c2cnn3c(NC4CC4)cc(C4CC=C(CN5CCOCC5)S4)nc23)N1. The summed E-state index contributed by atoms with van der Waals surface area (Å²) in [6.07, 6.45) is 8.85. The lowest BCUT2D eigenvalue weighted by molar-refractivity contribution is -0.115. The third-order valence-electron chi connectivity index (χ3n) is 6.13. The van der Waals surface area contributed by atoms with Crippen molar-refractivity contribution in [2.24, 2.45) is 0 Å². The lowest BCUT2D eigenvalue weighted by atomic mass is 10.2. The van der Waals surface area contributed by atoms with Crippen LogP contribution in [-0.2, 0) is 9.53 Å². The number of imide groups is 1. The van der Waals surface area contributed by atoms with Gasteiger partial charge in [-0.3, -0.25) is 15.0 Å². The van der Waals surface area contributed by atoms with E-state index in [1.807, 2.05) is 11.8 Å². The van der Waals surface area contributed by atoms with E-state index >= 15 is 0 Å². The minimum absolute atomic E-state index is 0.198. The highest BCUT2D eigenvalue weighted by atomic mass is 32.2. The molecule has 2 aromatic heterocycles. The molecule has 0 aromatic carbocycles. The molecule has 1 aliphatic carbocycles. The van der Waals surface area contributed by atoms with Crippen LogP contribution >= 0.6 is 11.8 Å². The summed E-state index contributed by atoms with van der Waals surface area (Å²) < 4.78 is 7.25. The Kier molecular flexibility index (Phi) is 5.31. The molecule has 1 saturated carbocycles. The van der Waals surface area contributed by atoms with E-state index in [0.717, 1.165) is 63.6 Å². The predicted molar refractivity (Wildman–Crippen MR) is 125 cm³/mol. The molecule has 6 rings (SSSR count). The summed E-state index contributed by atoms with van der Waals surface area (Å²) in [4.78, 5) is 32.3. The van der Waals surface area contributed by atoms with Gasteiger partial charge in [0.25, 0.3) is 5.91 Å². The van der Waals surface area contributed by atoms with Crippen LogP contribution in [0, 0.1) is 0 Å². The molecule has 33 heavy (non-hydrogen) atoms. The molecular formula is C22H25N7O3S. The first-order valence-corrected chi connectivity index (χ1v) is 12.2. The van der Waals surface area contributed by atoms with Crippen LogP contribution in [0.5, 0.6) is 0 Å². The van der Waals surface area contributed by atoms with E-state index in [4.69, 9.17) is 9.72 Å². The Morgan fingerprint density at radius 2 is 2.09 bits per heavy atom. The number of thioether (sulfide) groups is 1. The van der Waals surface area contributed by atoms with E-state index in [9.17, 15) is 9.59 Å². The van der Waals surface area contributed by atoms with Crippen molar-refractivity contribution >= 4 is 41.2 Å². The zero-order chi connectivity index (χ0) is 22.4. The Hall–Kier alpha value is -2.89. The summed E-state index contributed by atoms with van der Waals surface area (Å²) in [6, 6.07) is 2.04. The van der Waals surface area contributed by atoms with Crippen molar-refractivity contribution in [3.8, 4) is 0 Å². The molecule has 172 valence electrons. The number of nitrogens with one attached hydrogen (secondary N) is 3. The molecule has 0 radical (unpaired) electrons. The molecule has 3 fully saturated rings. The molecule has 2 saturated heterocycles. The quantitative estimate of drug-likeness (QED) is 0.436. The Bertz CT molecular complexity index is 1180. The number of hydrogen-bond acceptors (Lipinski definition) is 8. The summed E-state index contributed by atoms with van der Waals surface area (Å²) in [5.74, 6) is 0.458. The number of aromatic nitrogens is 3. The highest BCUT2D eigenvalue weighted by molar-refractivity contribution is 8.03. The number of fused-ring (bicyclic) bond motifs is 1. The molecule has 11 heteroatoms. The molecule has 1 atom stereocenters. The van der Waals surface area contributed by atoms with E-state index < -0.39 is 11.9 Å². The first kappa shape index (κ1) is 20.7. The van der Waals surface area contributed by atoms with Crippen molar-refractivity contribution < 1.29 is 14.3 Å². The molecule has 3 amide bonds. The fraction of sp³-hybridized carbons (Fsp3) is 0.455. The minimum Gasteiger partial charge on any atom is -0.379 e. The first-order valence-electron chi connectivity index (χ1n) is 11.3. The summed E-state index contributed by atoms with van der Waals surface area (Å²) in [5.41, 5.74) is 2.54. The largest absolute Gasteiger partial charge is 0.379 e. The molecule has 10 nitrogen and oxygen atoms in total. The van der Waals surface area contributed by atoms with Crippen molar-refractivity contribution in [1.29, 1.82) is 0 Å². The number of rotatable bonds is 6. The summed E-state index contributed by atoms with van der Waals surface area (Å²) in [5, 5.41) is 13.1. The Morgan fingerprint density at radius 3 is 2.85 bits per heavy atom. The number of allylic oxidation sites excluding steroid dienone is 1. The monoisotopic (exact) mass is 467 g/mol. The van der Waals surface area contributed by atoms with Crippen LogP contribution in [0.3, 0.4) is 0 Å². The van der Waals surface area contributed by atoms with Crippen molar-refractivity contribution in [2.45, 2.75) is 30.6 Å². The van der Waals surface area contributed by atoms with Gasteiger partial charge in [-0.15, -0.1) is 11.8 Å². The third-order valence-corrected chi connectivity index (χ3v) is 7.45. The van der Waals surface area contributed by atoms with E-state index in [1.165, 1.54) is 4.91 Å². The van der Waals surface area contributed by atoms with Gasteiger partial charge in [0.1, 0.15) is 11.5 Å². The molecule has 0 bridgehead atoms. The number of nitrogens with zero attached hydrogens (tertiary/aromatic N) is 4. The number of carbonyl (C=O) groups is 2. The van der Waals surface area contributed by atoms with Gasteiger partial charge in [0.2, 0.25) is 0 Å². The lowest BCUT2D eigenvalue weighted by Gasteiger charge is -2.27. The molecule has 5 heterocycles. The maximum absolute atomic E-state index is 12.0. The summed E-state index contributed by atoms with van der Waals surface area (Å²) in [6.45, 7) is 4.50.